The summed E-state index contributed by atoms with van der Waals surface area (Å²) in [7, 11) is -0.778. The Morgan fingerprint density at radius 2 is 1.89 bits per heavy atom. The van der Waals surface area contributed by atoms with E-state index in [0.717, 1.165) is 4.31 Å². The third-order valence-electron chi connectivity index (χ3n) is 3.84. The number of rotatable bonds is 7. The van der Waals surface area contributed by atoms with Crippen molar-refractivity contribution in [3.8, 4) is 5.75 Å². The van der Waals surface area contributed by atoms with Gasteiger partial charge in [0.25, 0.3) is 5.56 Å². The smallest absolute Gasteiger partial charge is 0.250 e. The molecule has 0 saturated carbocycles. The van der Waals surface area contributed by atoms with Crippen LogP contribution in [0.15, 0.2) is 57.7 Å². The molecule has 0 saturated heterocycles. The number of benzene rings is 1. The maximum absolute atomic E-state index is 12.9. The van der Waals surface area contributed by atoms with Gasteiger partial charge in [-0.15, -0.1) is 11.3 Å². The van der Waals surface area contributed by atoms with Crippen molar-refractivity contribution in [1.82, 2.24) is 13.9 Å². The number of halogens is 1. The molecule has 0 spiro atoms. The zero-order valence-corrected chi connectivity index (χ0v) is 16.8. The van der Waals surface area contributed by atoms with Gasteiger partial charge in [-0.25, -0.2) is 22.1 Å². The molecule has 0 N–H and O–H groups in total. The molecule has 0 fully saturated rings. The molecule has 0 bridgehead atoms. The Hall–Kier alpha value is -2.56. The molecule has 148 valence electrons. The van der Waals surface area contributed by atoms with E-state index in [4.69, 9.17) is 4.74 Å². The van der Waals surface area contributed by atoms with Crippen molar-refractivity contribution < 1.29 is 17.5 Å². The lowest BCUT2D eigenvalue weighted by molar-refractivity contribution is 0.305. The highest BCUT2D eigenvalue weighted by Gasteiger charge is 2.18. The molecule has 0 aliphatic carbocycles. The monoisotopic (exact) mass is 423 g/mol. The second-order valence-corrected chi connectivity index (χ2v) is 9.19. The van der Waals surface area contributed by atoms with Crippen molar-refractivity contribution in [3.05, 3.63) is 74.8 Å². The van der Waals surface area contributed by atoms with Gasteiger partial charge in [-0.3, -0.25) is 4.79 Å². The van der Waals surface area contributed by atoms with Crippen LogP contribution >= 0.6 is 11.3 Å². The fourth-order valence-corrected chi connectivity index (χ4v) is 3.95. The first-order valence-corrected chi connectivity index (χ1v) is 10.5. The predicted molar refractivity (Wildman–Crippen MR) is 104 cm³/mol. The Bertz CT molecular complexity index is 1120. The van der Waals surface area contributed by atoms with Gasteiger partial charge in [0.2, 0.25) is 10.0 Å². The minimum atomic E-state index is -3.64. The lowest BCUT2D eigenvalue weighted by Gasteiger charge is -2.12. The second kappa shape index (κ2) is 8.21. The second-order valence-electron chi connectivity index (χ2n) is 6.09. The van der Waals surface area contributed by atoms with Gasteiger partial charge in [-0.2, -0.15) is 0 Å². The first-order chi connectivity index (χ1) is 13.3. The minimum absolute atomic E-state index is 0.0344. The normalized spacial score (nSPS) is 11.7. The zero-order valence-electron chi connectivity index (χ0n) is 15.2. The third-order valence-corrected chi connectivity index (χ3v) is 6.51. The summed E-state index contributed by atoms with van der Waals surface area (Å²) in [5.41, 5.74) is 0.291. The zero-order chi connectivity index (χ0) is 20.3. The molecular formula is C18H18FN3O4S2. The highest BCUT2D eigenvalue weighted by molar-refractivity contribution is 7.89. The van der Waals surface area contributed by atoms with E-state index >= 15 is 0 Å². The van der Waals surface area contributed by atoms with Crippen LogP contribution in [0.1, 0.15) is 10.7 Å². The topological polar surface area (TPSA) is 81.5 Å². The molecule has 3 aromatic rings. The van der Waals surface area contributed by atoms with Gasteiger partial charge in [0.15, 0.2) is 0 Å². The third kappa shape index (κ3) is 4.64. The molecule has 10 heteroatoms. The molecule has 0 radical (unpaired) electrons. The van der Waals surface area contributed by atoms with E-state index in [1.807, 2.05) is 0 Å². The number of pyridine rings is 1. The average molecular weight is 423 g/mol. The van der Waals surface area contributed by atoms with E-state index < -0.39 is 10.0 Å². The average Bonchev–Trinajstić information content (AvgIpc) is 3.10. The van der Waals surface area contributed by atoms with Crippen LogP contribution in [0.3, 0.4) is 0 Å². The van der Waals surface area contributed by atoms with Gasteiger partial charge in [-0.05, 0) is 30.3 Å². The van der Waals surface area contributed by atoms with E-state index in [2.05, 4.69) is 4.98 Å². The highest BCUT2D eigenvalue weighted by atomic mass is 32.2. The Labute approximate surface area is 165 Å². The van der Waals surface area contributed by atoms with Crippen LogP contribution in [0.25, 0.3) is 0 Å². The molecular weight excluding hydrogens is 405 g/mol. The molecule has 2 aromatic heterocycles. The molecule has 1 aromatic carbocycles. The minimum Gasteiger partial charge on any atom is -0.486 e. The summed E-state index contributed by atoms with van der Waals surface area (Å²) in [4.78, 5) is 16.5. The molecule has 0 aliphatic rings. The Morgan fingerprint density at radius 1 is 1.18 bits per heavy atom. The fourth-order valence-electron chi connectivity index (χ4n) is 2.33. The molecule has 0 atom stereocenters. The van der Waals surface area contributed by atoms with Crippen LogP contribution in [0.5, 0.6) is 5.75 Å². The van der Waals surface area contributed by atoms with Crippen molar-refractivity contribution in [2.24, 2.45) is 0 Å². The predicted octanol–water partition coefficient (Wildman–Crippen LogP) is 2.32. The molecule has 7 nitrogen and oxygen atoms in total. The largest absolute Gasteiger partial charge is 0.486 e. The van der Waals surface area contributed by atoms with E-state index in [9.17, 15) is 17.6 Å². The van der Waals surface area contributed by atoms with Gasteiger partial charge < -0.3 is 9.30 Å². The summed E-state index contributed by atoms with van der Waals surface area (Å²) in [5, 5.41) is 2.47. The maximum Gasteiger partial charge on any atom is 0.250 e. The van der Waals surface area contributed by atoms with Crippen LogP contribution in [0.4, 0.5) is 4.39 Å². The van der Waals surface area contributed by atoms with Crippen LogP contribution in [0, 0.1) is 5.82 Å². The summed E-state index contributed by atoms with van der Waals surface area (Å²) >= 11 is 1.36. The number of ether oxygens (including phenoxy) is 1. The summed E-state index contributed by atoms with van der Waals surface area (Å²) in [6, 6.07) is 8.19. The molecule has 28 heavy (non-hydrogen) atoms. The van der Waals surface area contributed by atoms with Gasteiger partial charge in [0.05, 0.1) is 17.1 Å². The Balaban J connectivity index is 1.73. The van der Waals surface area contributed by atoms with Crippen molar-refractivity contribution in [2.75, 3.05) is 14.1 Å². The number of nitrogens with zero attached hydrogens (tertiary/aromatic N) is 3. The van der Waals surface area contributed by atoms with E-state index in [-0.39, 0.29) is 29.4 Å². The summed E-state index contributed by atoms with van der Waals surface area (Å²) in [5.74, 6) is 0.184. The molecule has 0 unspecified atom stereocenters. The van der Waals surface area contributed by atoms with Crippen molar-refractivity contribution in [1.29, 1.82) is 0 Å². The number of aromatic nitrogens is 2. The van der Waals surface area contributed by atoms with Crippen molar-refractivity contribution in [2.45, 2.75) is 18.0 Å². The molecule has 0 amide bonds. The number of sulfonamides is 1. The summed E-state index contributed by atoms with van der Waals surface area (Å²) < 4.78 is 45.3. The Kier molecular flexibility index (Phi) is 5.92. The number of hydrogen-bond donors (Lipinski definition) is 0. The first kappa shape index (κ1) is 20.2. The lowest BCUT2D eigenvalue weighted by Crippen LogP contribution is -2.26. The van der Waals surface area contributed by atoms with E-state index in [0.29, 0.717) is 16.5 Å². The SMILES string of the molecule is CN(C)S(=O)(=O)c1ccc(=O)n(Cc2csc(COc3ccc(F)cc3)n2)c1. The van der Waals surface area contributed by atoms with Crippen molar-refractivity contribution in [3.63, 3.8) is 0 Å². The molecule has 2 heterocycles. The first-order valence-electron chi connectivity index (χ1n) is 8.20. The van der Waals surface area contributed by atoms with Crippen LogP contribution in [-0.2, 0) is 23.2 Å². The van der Waals surface area contributed by atoms with Gasteiger partial charge in [0, 0.05) is 31.7 Å². The number of thiazole rings is 1. The van der Waals surface area contributed by atoms with Crippen LogP contribution < -0.4 is 10.3 Å². The van der Waals surface area contributed by atoms with Crippen LogP contribution in [-0.4, -0.2) is 36.4 Å². The molecule has 3 rings (SSSR count). The lowest BCUT2D eigenvalue weighted by atomic mass is 10.3. The molecule has 0 aliphatic heterocycles. The van der Waals surface area contributed by atoms with Gasteiger partial charge >= 0.3 is 0 Å². The summed E-state index contributed by atoms with van der Waals surface area (Å²) in [6.45, 7) is 0.350. The van der Waals surface area contributed by atoms with Gasteiger partial charge in [0.1, 0.15) is 23.2 Å². The van der Waals surface area contributed by atoms with Crippen molar-refractivity contribution >= 4 is 21.4 Å². The highest BCUT2D eigenvalue weighted by Crippen LogP contribution is 2.17. The standard InChI is InChI=1S/C18H18FN3O4S2/c1-21(2)28(24,25)16-7-8-18(23)22(10-16)9-14-12-27-17(20-14)11-26-15-5-3-13(19)4-6-15/h3-8,10,12H,9,11H2,1-2H3. The fraction of sp³-hybridized carbons (Fsp3) is 0.222. The Morgan fingerprint density at radius 3 is 2.57 bits per heavy atom. The number of hydrogen-bond acceptors (Lipinski definition) is 6. The summed E-state index contributed by atoms with van der Waals surface area (Å²) in [6.07, 6.45) is 1.31. The van der Waals surface area contributed by atoms with Gasteiger partial charge in [-0.1, -0.05) is 0 Å². The maximum atomic E-state index is 12.9. The van der Waals surface area contributed by atoms with E-state index in [1.54, 1.807) is 5.38 Å². The quantitative estimate of drug-likeness (QED) is 0.583. The van der Waals surface area contributed by atoms with Crippen LogP contribution in [0.2, 0.25) is 0 Å². The van der Waals surface area contributed by atoms with E-state index in [1.165, 1.54) is 72.6 Å².